The third-order valence-electron chi connectivity index (χ3n) is 5.14. The largest absolute Gasteiger partial charge is 0.361 e. The highest BCUT2D eigenvalue weighted by atomic mass is 19.1. The van der Waals surface area contributed by atoms with Crippen molar-refractivity contribution in [2.24, 2.45) is 4.99 Å². The van der Waals surface area contributed by atoms with Gasteiger partial charge in [-0.25, -0.2) is 14.4 Å². The van der Waals surface area contributed by atoms with Gasteiger partial charge in [-0.2, -0.15) is 0 Å². The maximum absolute atomic E-state index is 13.4. The lowest BCUT2D eigenvalue weighted by atomic mass is 10.1. The number of aromatic amines is 1. The Bertz CT molecular complexity index is 1150. The zero-order valence-corrected chi connectivity index (χ0v) is 17.6. The van der Waals surface area contributed by atoms with E-state index in [2.05, 4.69) is 37.3 Å². The Balaban J connectivity index is 1.37. The van der Waals surface area contributed by atoms with Crippen LogP contribution in [0, 0.1) is 5.82 Å². The van der Waals surface area contributed by atoms with Crippen molar-refractivity contribution >= 4 is 16.9 Å². The molecule has 7 heteroatoms. The first-order valence-electron chi connectivity index (χ1n) is 10.5. The van der Waals surface area contributed by atoms with Crippen LogP contribution in [0.15, 0.2) is 72.1 Å². The molecular weight excluding hydrogens is 391 g/mol. The molecule has 0 unspecified atom stereocenters. The summed E-state index contributed by atoms with van der Waals surface area (Å²) in [5.41, 5.74) is 3.20. The topological polar surface area (TPSA) is 70.0 Å². The lowest BCUT2D eigenvalue weighted by molar-refractivity contribution is 0.629. The molecule has 0 spiro atoms. The molecule has 0 saturated heterocycles. The summed E-state index contributed by atoms with van der Waals surface area (Å²) >= 11 is 0. The summed E-state index contributed by atoms with van der Waals surface area (Å²) in [4.78, 5) is 12.3. The molecule has 0 aliphatic heterocycles. The zero-order valence-electron chi connectivity index (χ0n) is 17.6. The minimum Gasteiger partial charge on any atom is -0.361 e. The third kappa shape index (κ3) is 5.31. The zero-order chi connectivity index (χ0) is 21.5. The Hall–Kier alpha value is -3.61. The maximum atomic E-state index is 13.4. The minimum absolute atomic E-state index is 0.230. The molecule has 0 aliphatic carbocycles. The third-order valence-corrected chi connectivity index (χ3v) is 5.14. The van der Waals surface area contributed by atoms with Crippen molar-refractivity contribution in [2.45, 2.75) is 26.4 Å². The molecule has 0 amide bonds. The molecule has 0 atom stereocenters. The van der Waals surface area contributed by atoms with Crippen LogP contribution >= 0.6 is 0 Å². The number of halogens is 1. The van der Waals surface area contributed by atoms with Crippen molar-refractivity contribution in [3.8, 4) is 0 Å². The van der Waals surface area contributed by atoms with Crippen LogP contribution in [0.2, 0.25) is 0 Å². The van der Waals surface area contributed by atoms with Crippen molar-refractivity contribution in [3.63, 3.8) is 0 Å². The summed E-state index contributed by atoms with van der Waals surface area (Å²) in [6.07, 6.45) is 6.54. The quantitative estimate of drug-likeness (QED) is 0.301. The van der Waals surface area contributed by atoms with Crippen LogP contribution in [0.5, 0.6) is 0 Å². The van der Waals surface area contributed by atoms with E-state index in [0.717, 1.165) is 47.8 Å². The fourth-order valence-electron chi connectivity index (χ4n) is 3.59. The average molecular weight is 419 g/mol. The van der Waals surface area contributed by atoms with Crippen molar-refractivity contribution in [1.82, 2.24) is 25.2 Å². The molecule has 31 heavy (non-hydrogen) atoms. The van der Waals surface area contributed by atoms with Gasteiger partial charge in [0, 0.05) is 49.1 Å². The van der Waals surface area contributed by atoms with Gasteiger partial charge in [0.25, 0.3) is 0 Å². The molecule has 160 valence electrons. The van der Waals surface area contributed by atoms with Gasteiger partial charge >= 0.3 is 0 Å². The highest BCUT2D eigenvalue weighted by molar-refractivity contribution is 5.83. The second kappa shape index (κ2) is 9.93. The lowest BCUT2D eigenvalue weighted by Gasteiger charge is -2.12. The molecular formula is C24H27FN6. The van der Waals surface area contributed by atoms with Crippen LogP contribution in [0.3, 0.4) is 0 Å². The van der Waals surface area contributed by atoms with Gasteiger partial charge in [-0.05, 0) is 42.7 Å². The molecule has 0 fully saturated rings. The van der Waals surface area contributed by atoms with Crippen molar-refractivity contribution < 1.29 is 4.39 Å². The average Bonchev–Trinajstić information content (AvgIpc) is 3.39. The second-order valence-corrected chi connectivity index (χ2v) is 7.33. The minimum atomic E-state index is -0.230. The molecule has 0 saturated carbocycles. The van der Waals surface area contributed by atoms with Gasteiger partial charge in [-0.15, -0.1) is 0 Å². The summed E-state index contributed by atoms with van der Waals surface area (Å²) in [5, 5.41) is 7.71. The number of rotatable bonds is 8. The van der Waals surface area contributed by atoms with Crippen LogP contribution in [-0.2, 0) is 19.5 Å². The van der Waals surface area contributed by atoms with E-state index in [1.54, 1.807) is 0 Å². The van der Waals surface area contributed by atoms with Crippen LogP contribution in [0.25, 0.3) is 10.9 Å². The van der Waals surface area contributed by atoms with Gasteiger partial charge in [-0.1, -0.05) is 30.3 Å². The van der Waals surface area contributed by atoms with E-state index < -0.39 is 0 Å². The monoisotopic (exact) mass is 418 g/mol. The molecule has 0 bridgehead atoms. The molecule has 6 nitrogen and oxygen atoms in total. The van der Waals surface area contributed by atoms with E-state index in [0.29, 0.717) is 13.1 Å². The number of H-pyrrole nitrogens is 1. The fourth-order valence-corrected chi connectivity index (χ4v) is 3.59. The number of aliphatic imine (C=N–C) groups is 1. The molecule has 2 aromatic carbocycles. The predicted octanol–water partition coefficient (Wildman–Crippen LogP) is 3.85. The van der Waals surface area contributed by atoms with Gasteiger partial charge in [0.1, 0.15) is 18.2 Å². The summed E-state index contributed by atoms with van der Waals surface area (Å²) in [5.74, 6) is 1.44. The molecule has 0 radical (unpaired) electrons. The number of hydrogen-bond donors (Lipinski definition) is 3. The Morgan fingerprint density at radius 2 is 2.03 bits per heavy atom. The maximum Gasteiger partial charge on any atom is 0.191 e. The van der Waals surface area contributed by atoms with Gasteiger partial charge in [0.05, 0.1) is 0 Å². The van der Waals surface area contributed by atoms with Crippen LogP contribution in [0.1, 0.15) is 23.9 Å². The van der Waals surface area contributed by atoms with Crippen molar-refractivity contribution in [1.29, 1.82) is 0 Å². The van der Waals surface area contributed by atoms with E-state index in [1.807, 2.05) is 49.8 Å². The van der Waals surface area contributed by atoms with Gasteiger partial charge < -0.3 is 20.2 Å². The lowest BCUT2D eigenvalue weighted by Crippen LogP contribution is -2.38. The van der Waals surface area contributed by atoms with E-state index in [4.69, 9.17) is 4.99 Å². The number of aromatic nitrogens is 3. The Labute approximate surface area is 181 Å². The molecule has 4 rings (SSSR count). The van der Waals surface area contributed by atoms with Gasteiger partial charge in [0.15, 0.2) is 5.96 Å². The van der Waals surface area contributed by atoms with Crippen molar-refractivity contribution in [3.05, 3.63) is 89.9 Å². The predicted molar refractivity (Wildman–Crippen MR) is 123 cm³/mol. The van der Waals surface area contributed by atoms with Crippen molar-refractivity contribution in [2.75, 3.05) is 13.1 Å². The number of nitrogens with zero attached hydrogens (tertiary/aromatic N) is 3. The van der Waals surface area contributed by atoms with E-state index in [-0.39, 0.29) is 5.82 Å². The normalized spacial score (nSPS) is 11.7. The van der Waals surface area contributed by atoms with E-state index >= 15 is 0 Å². The molecule has 2 heterocycles. The smallest absolute Gasteiger partial charge is 0.191 e. The first-order valence-corrected chi connectivity index (χ1v) is 10.5. The highest BCUT2D eigenvalue weighted by Crippen LogP contribution is 2.19. The molecule has 4 aromatic rings. The fraction of sp³-hybridized carbons (Fsp3) is 0.250. The Kier molecular flexibility index (Phi) is 6.62. The van der Waals surface area contributed by atoms with Gasteiger partial charge in [-0.3, -0.25) is 0 Å². The van der Waals surface area contributed by atoms with Crippen LogP contribution in [0.4, 0.5) is 4.39 Å². The Morgan fingerprint density at radius 3 is 2.87 bits per heavy atom. The number of imidazole rings is 1. The molecule has 3 N–H and O–H groups in total. The number of guanidine groups is 1. The number of nitrogens with one attached hydrogen (secondary N) is 3. The number of hydrogen-bond acceptors (Lipinski definition) is 2. The summed E-state index contributed by atoms with van der Waals surface area (Å²) in [6.45, 7) is 4.80. The van der Waals surface area contributed by atoms with E-state index in [9.17, 15) is 4.39 Å². The van der Waals surface area contributed by atoms with Crippen LogP contribution < -0.4 is 10.6 Å². The highest BCUT2D eigenvalue weighted by Gasteiger charge is 2.07. The van der Waals surface area contributed by atoms with E-state index in [1.165, 1.54) is 17.7 Å². The summed E-state index contributed by atoms with van der Waals surface area (Å²) < 4.78 is 15.5. The first-order chi connectivity index (χ1) is 15.2. The van der Waals surface area contributed by atoms with Crippen LogP contribution in [-0.4, -0.2) is 33.6 Å². The second-order valence-electron chi connectivity index (χ2n) is 7.33. The molecule has 2 aromatic heterocycles. The number of fused-ring (bicyclic) bond motifs is 1. The summed E-state index contributed by atoms with van der Waals surface area (Å²) in [7, 11) is 0. The summed E-state index contributed by atoms with van der Waals surface area (Å²) in [6, 6.07) is 15.2. The first kappa shape index (κ1) is 20.7. The molecule has 0 aliphatic rings. The van der Waals surface area contributed by atoms with Gasteiger partial charge in [0.2, 0.25) is 0 Å². The number of benzene rings is 2. The Morgan fingerprint density at radius 1 is 1.16 bits per heavy atom. The standard InChI is InChI=1S/C24H27FN6/c1-2-26-24(28-11-10-19-15-29-22-14-20(25)8-9-21(19)22)30-16-23-27-12-13-31(23)17-18-6-4-3-5-7-18/h3-9,12-15,29H,2,10-11,16-17H2,1H3,(H2,26,28,30). The SMILES string of the molecule is CCNC(=NCc1nccn1Cc1ccccc1)NCCc1c[nH]c2cc(F)ccc12.